The number of hydrogen-bond acceptors (Lipinski definition) is 6. The SMILES string of the molecule is CC(C)(C)OC(=O)N1CCC2(CC1)OCc1cc(B(O)O)ccc1O2. The Morgan fingerprint density at radius 3 is 2.56 bits per heavy atom. The predicted octanol–water partition coefficient (Wildman–Crippen LogP) is 1.00. The number of fused-ring (bicyclic) bond motifs is 1. The molecular weight excluding hydrogens is 325 g/mol. The summed E-state index contributed by atoms with van der Waals surface area (Å²) in [6.45, 7) is 6.87. The Morgan fingerprint density at radius 2 is 1.96 bits per heavy atom. The Kier molecular flexibility index (Phi) is 4.70. The number of hydrogen-bond donors (Lipinski definition) is 2. The summed E-state index contributed by atoms with van der Waals surface area (Å²) in [5.74, 6) is -0.0634. The van der Waals surface area contributed by atoms with Crippen molar-refractivity contribution in [2.45, 2.75) is 51.6 Å². The molecule has 0 atom stereocenters. The Hall–Kier alpha value is -1.77. The molecule has 7 nitrogen and oxygen atoms in total. The lowest BCUT2D eigenvalue weighted by molar-refractivity contribution is -0.226. The summed E-state index contributed by atoms with van der Waals surface area (Å²) in [6, 6.07) is 5.02. The lowest BCUT2D eigenvalue weighted by Gasteiger charge is -2.44. The van der Waals surface area contributed by atoms with E-state index in [1.54, 1.807) is 23.1 Å². The van der Waals surface area contributed by atoms with Crippen molar-refractivity contribution in [1.82, 2.24) is 4.90 Å². The molecule has 8 heteroatoms. The molecule has 136 valence electrons. The fourth-order valence-electron chi connectivity index (χ4n) is 3.01. The van der Waals surface area contributed by atoms with Crippen molar-refractivity contribution in [3.05, 3.63) is 23.8 Å². The van der Waals surface area contributed by atoms with E-state index >= 15 is 0 Å². The van der Waals surface area contributed by atoms with E-state index in [0.717, 1.165) is 5.56 Å². The van der Waals surface area contributed by atoms with Crippen LogP contribution in [0.1, 0.15) is 39.2 Å². The van der Waals surface area contributed by atoms with Crippen molar-refractivity contribution in [1.29, 1.82) is 0 Å². The topological polar surface area (TPSA) is 88.5 Å². The van der Waals surface area contributed by atoms with E-state index in [1.807, 2.05) is 20.8 Å². The maximum atomic E-state index is 12.2. The zero-order valence-electron chi connectivity index (χ0n) is 14.8. The molecule has 0 bridgehead atoms. The van der Waals surface area contributed by atoms with Gasteiger partial charge in [-0.15, -0.1) is 0 Å². The first-order valence-corrected chi connectivity index (χ1v) is 8.47. The van der Waals surface area contributed by atoms with Gasteiger partial charge < -0.3 is 29.2 Å². The lowest BCUT2D eigenvalue weighted by Crippen LogP contribution is -2.53. The number of likely N-dealkylation sites (tertiary alicyclic amines) is 1. The van der Waals surface area contributed by atoms with Gasteiger partial charge in [-0.25, -0.2) is 4.79 Å². The largest absolute Gasteiger partial charge is 0.488 e. The van der Waals surface area contributed by atoms with Crippen molar-refractivity contribution in [2.75, 3.05) is 13.1 Å². The summed E-state index contributed by atoms with van der Waals surface area (Å²) >= 11 is 0. The zero-order chi connectivity index (χ0) is 18.2. The molecule has 3 rings (SSSR count). The Morgan fingerprint density at radius 1 is 1.28 bits per heavy atom. The molecule has 1 saturated heterocycles. The van der Waals surface area contributed by atoms with E-state index in [1.165, 1.54) is 0 Å². The van der Waals surface area contributed by atoms with Crippen LogP contribution < -0.4 is 10.2 Å². The van der Waals surface area contributed by atoms with Crippen LogP contribution in [0.2, 0.25) is 0 Å². The van der Waals surface area contributed by atoms with Crippen LogP contribution in [0.25, 0.3) is 0 Å². The monoisotopic (exact) mass is 349 g/mol. The van der Waals surface area contributed by atoms with Gasteiger partial charge in [-0.2, -0.15) is 0 Å². The summed E-state index contributed by atoms with van der Waals surface area (Å²) in [5.41, 5.74) is 0.672. The van der Waals surface area contributed by atoms with Gasteiger partial charge in [0.25, 0.3) is 0 Å². The molecule has 25 heavy (non-hydrogen) atoms. The van der Waals surface area contributed by atoms with Crippen LogP contribution in [-0.4, -0.2) is 52.6 Å². The molecule has 0 unspecified atom stereocenters. The second-order valence-corrected chi connectivity index (χ2v) is 7.51. The van der Waals surface area contributed by atoms with Crippen LogP contribution >= 0.6 is 0 Å². The highest BCUT2D eigenvalue weighted by molar-refractivity contribution is 6.58. The molecule has 2 aliphatic heterocycles. The number of ether oxygens (including phenoxy) is 3. The molecule has 1 aromatic rings. The number of benzene rings is 1. The first kappa shape index (κ1) is 18.0. The summed E-state index contributed by atoms with van der Waals surface area (Å²) in [6.07, 6.45) is 0.784. The van der Waals surface area contributed by atoms with Crippen LogP contribution in [-0.2, 0) is 16.1 Å². The Bertz CT molecular complexity index is 649. The number of carbonyl (C=O) groups excluding carboxylic acids is 1. The predicted molar refractivity (Wildman–Crippen MR) is 91.5 cm³/mol. The number of carbonyl (C=O) groups is 1. The number of amides is 1. The van der Waals surface area contributed by atoms with Crippen LogP contribution in [0, 0.1) is 0 Å². The summed E-state index contributed by atoms with van der Waals surface area (Å²) in [7, 11) is -1.52. The quantitative estimate of drug-likeness (QED) is 0.736. The fourth-order valence-corrected chi connectivity index (χ4v) is 3.01. The molecule has 0 radical (unpaired) electrons. The second kappa shape index (κ2) is 6.51. The van der Waals surface area contributed by atoms with E-state index in [2.05, 4.69) is 0 Å². The van der Waals surface area contributed by atoms with E-state index in [0.29, 0.717) is 43.8 Å². The summed E-state index contributed by atoms with van der Waals surface area (Å²) in [4.78, 5) is 13.8. The van der Waals surface area contributed by atoms with Crippen molar-refractivity contribution in [3.63, 3.8) is 0 Å². The van der Waals surface area contributed by atoms with E-state index in [-0.39, 0.29) is 6.09 Å². The number of piperidine rings is 1. The van der Waals surface area contributed by atoms with E-state index in [4.69, 9.17) is 14.2 Å². The lowest BCUT2D eigenvalue weighted by atomic mass is 9.79. The van der Waals surface area contributed by atoms with Gasteiger partial charge in [-0.1, -0.05) is 12.1 Å². The standard InChI is InChI=1S/C17H24BNO6/c1-16(2,3)25-15(20)19-8-6-17(7-9-19)23-11-12-10-13(18(21)22)4-5-14(12)24-17/h4-5,10,21-22H,6-9,11H2,1-3H3. The normalized spacial score (nSPS) is 19.2. The molecule has 2 aliphatic rings. The highest BCUT2D eigenvalue weighted by Gasteiger charge is 2.42. The maximum Gasteiger partial charge on any atom is 0.488 e. The van der Waals surface area contributed by atoms with Crippen LogP contribution in [0.15, 0.2) is 18.2 Å². The fraction of sp³-hybridized carbons (Fsp3) is 0.588. The molecule has 1 amide bonds. The average Bonchev–Trinajstić information content (AvgIpc) is 2.53. The molecule has 2 heterocycles. The molecule has 1 spiro atoms. The maximum absolute atomic E-state index is 12.2. The first-order valence-electron chi connectivity index (χ1n) is 8.47. The van der Waals surface area contributed by atoms with Gasteiger partial charge >= 0.3 is 13.2 Å². The molecule has 1 aromatic carbocycles. The average molecular weight is 349 g/mol. The smallest absolute Gasteiger partial charge is 0.462 e. The highest BCUT2D eigenvalue weighted by atomic mass is 16.7. The number of rotatable bonds is 1. The Balaban J connectivity index is 1.64. The third-order valence-corrected chi connectivity index (χ3v) is 4.35. The third kappa shape index (κ3) is 4.08. The molecule has 0 saturated carbocycles. The highest BCUT2D eigenvalue weighted by Crippen LogP contribution is 2.37. The van der Waals surface area contributed by atoms with Gasteiger partial charge in [0.1, 0.15) is 11.4 Å². The molecular formula is C17H24BNO6. The molecule has 1 fully saturated rings. The van der Waals surface area contributed by atoms with Crippen molar-refractivity contribution < 1.29 is 29.1 Å². The third-order valence-electron chi connectivity index (χ3n) is 4.35. The van der Waals surface area contributed by atoms with E-state index < -0.39 is 18.5 Å². The van der Waals surface area contributed by atoms with Gasteiger partial charge in [0, 0.05) is 31.5 Å². The van der Waals surface area contributed by atoms with E-state index in [9.17, 15) is 14.8 Å². The van der Waals surface area contributed by atoms with Crippen LogP contribution in [0.3, 0.4) is 0 Å². The van der Waals surface area contributed by atoms with Gasteiger partial charge in [0.15, 0.2) is 0 Å². The Labute approximate surface area is 147 Å². The van der Waals surface area contributed by atoms with Crippen molar-refractivity contribution >= 4 is 18.7 Å². The minimum Gasteiger partial charge on any atom is -0.462 e. The van der Waals surface area contributed by atoms with Crippen molar-refractivity contribution in [3.8, 4) is 5.75 Å². The number of nitrogens with zero attached hydrogens (tertiary/aromatic N) is 1. The van der Waals surface area contributed by atoms with Crippen molar-refractivity contribution in [2.24, 2.45) is 0 Å². The van der Waals surface area contributed by atoms with Gasteiger partial charge in [0.2, 0.25) is 5.79 Å². The minimum atomic E-state index is -1.52. The summed E-state index contributed by atoms with van der Waals surface area (Å²) in [5, 5.41) is 18.5. The zero-order valence-corrected chi connectivity index (χ0v) is 14.8. The second-order valence-electron chi connectivity index (χ2n) is 7.51. The minimum absolute atomic E-state index is 0.319. The van der Waals surface area contributed by atoms with Gasteiger partial charge in [-0.05, 0) is 32.3 Å². The van der Waals surface area contributed by atoms with Gasteiger partial charge in [0.05, 0.1) is 6.61 Å². The summed E-state index contributed by atoms with van der Waals surface area (Å²) < 4.78 is 17.4. The van der Waals surface area contributed by atoms with Crippen LogP contribution in [0.4, 0.5) is 4.79 Å². The molecule has 2 N–H and O–H groups in total. The van der Waals surface area contributed by atoms with Gasteiger partial charge in [-0.3, -0.25) is 0 Å². The first-order chi connectivity index (χ1) is 11.7. The molecule has 0 aliphatic carbocycles. The molecule has 0 aromatic heterocycles. The van der Waals surface area contributed by atoms with Crippen LogP contribution in [0.5, 0.6) is 5.75 Å².